The molecule has 0 radical (unpaired) electrons. The van der Waals surface area contributed by atoms with E-state index in [0.29, 0.717) is 11.4 Å². The van der Waals surface area contributed by atoms with Crippen molar-refractivity contribution in [3.8, 4) is 6.07 Å². The third kappa shape index (κ3) is 3.91. The highest BCUT2D eigenvalue weighted by Crippen LogP contribution is 2.21. The second kappa shape index (κ2) is 6.40. The van der Waals surface area contributed by atoms with Crippen molar-refractivity contribution >= 4 is 23.2 Å². The van der Waals surface area contributed by atoms with Crippen molar-refractivity contribution in [2.75, 3.05) is 10.6 Å². The molecule has 0 aliphatic heterocycles. The fourth-order valence-corrected chi connectivity index (χ4v) is 1.24. The largest absolute Gasteiger partial charge is 0.324 e. The summed E-state index contributed by atoms with van der Waals surface area (Å²) in [4.78, 5) is 22.9. The zero-order valence-corrected chi connectivity index (χ0v) is 10.4. The van der Waals surface area contributed by atoms with Crippen LogP contribution < -0.4 is 10.6 Å². The molecule has 0 saturated carbocycles. The molecule has 0 spiro atoms. The van der Waals surface area contributed by atoms with Gasteiger partial charge in [0, 0.05) is 5.92 Å². The van der Waals surface area contributed by atoms with Crippen LogP contribution in [0.1, 0.15) is 20.3 Å². The zero-order chi connectivity index (χ0) is 13.5. The van der Waals surface area contributed by atoms with Crippen LogP contribution in [0.25, 0.3) is 0 Å². The molecule has 0 aliphatic rings. The molecule has 0 saturated heterocycles. The van der Waals surface area contributed by atoms with Crippen molar-refractivity contribution in [1.29, 1.82) is 5.26 Å². The van der Waals surface area contributed by atoms with E-state index in [2.05, 4.69) is 10.6 Å². The lowest BCUT2D eigenvalue weighted by atomic mass is 10.2. The molecule has 0 fully saturated rings. The van der Waals surface area contributed by atoms with Crippen molar-refractivity contribution in [3.05, 3.63) is 24.3 Å². The molecule has 0 atom stereocenters. The Hall–Kier alpha value is -2.35. The van der Waals surface area contributed by atoms with Crippen molar-refractivity contribution in [1.82, 2.24) is 0 Å². The van der Waals surface area contributed by atoms with Crippen LogP contribution in [0.5, 0.6) is 0 Å². The Morgan fingerprint density at radius 2 is 1.78 bits per heavy atom. The molecule has 2 N–H and O–H groups in total. The number of rotatable bonds is 4. The lowest BCUT2D eigenvalue weighted by Gasteiger charge is -2.12. The first kappa shape index (κ1) is 13.7. The van der Waals surface area contributed by atoms with E-state index in [1.54, 1.807) is 44.2 Å². The summed E-state index contributed by atoms with van der Waals surface area (Å²) in [5.41, 5.74) is 1.02. The Kier molecular flexibility index (Phi) is 4.88. The van der Waals surface area contributed by atoms with Gasteiger partial charge >= 0.3 is 0 Å². The van der Waals surface area contributed by atoms with Gasteiger partial charge in [0.15, 0.2) is 0 Å². The predicted octanol–water partition coefficient (Wildman–Crippen LogP) is 2.13. The number of nitriles is 1. The number of hydrogen-bond donors (Lipinski definition) is 2. The number of anilines is 2. The number of carbonyl (C=O) groups is 2. The first-order chi connectivity index (χ1) is 8.54. The Balaban J connectivity index is 2.83. The van der Waals surface area contributed by atoms with Gasteiger partial charge in [-0.2, -0.15) is 5.26 Å². The molecule has 5 nitrogen and oxygen atoms in total. The summed E-state index contributed by atoms with van der Waals surface area (Å²) in [5.74, 6) is -0.673. The molecule has 0 unspecified atom stereocenters. The highest BCUT2D eigenvalue weighted by molar-refractivity contribution is 6.00. The summed E-state index contributed by atoms with van der Waals surface area (Å²) < 4.78 is 0. The fraction of sp³-hybridized carbons (Fsp3) is 0.308. The third-order valence-electron chi connectivity index (χ3n) is 2.22. The van der Waals surface area contributed by atoms with Crippen LogP contribution in [0.15, 0.2) is 24.3 Å². The summed E-state index contributed by atoms with van der Waals surface area (Å²) in [5, 5.41) is 13.7. The Morgan fingerprint density at radius 3 is 2.28 bits per heavy atom. The van der Waals surface area contributed by atoms with E-state index in [0.717, 1.165) is 0 Å². The number of hydrogen-bond acceptors (Lipinski definition) is 3. The van der Waals surface area contributed by atoms with Crippen molar-refractivity contribution < 1.29 is 9.59 Å². The summed E-state index contributed by atoms with van der Waals surface area (Å²) in [7, 11) is 0. The average Bonchev–Trinajstić information content (AvgIpc) is 2.31. The zero-order valence-electron chi connectivity index (χ0n) is 10.4. The first-order valence-electron chi connectivity index (χ1n) is 5.61. The monoisotopic (exact) mass is 245 g/mol. The standard InChI is InChI=1S/C13H15N3O2/c1-9(2)13(18)16-11-6-4-3-5-10(11)15-12(17)7-8-14/h3-6,9H,7H2,1-2H3,(H,15,17)(H,16,18). The van der Waals surface area contributed by atoms with Gasteiger partial charge in [-0.15, -0.1) is 0 Å². The van der Waals surface area contributed by atoms with Crippen molar-refractivity contribution in [2.45, 2.75) is 20.3 Å². The van der Waals surface area contributed by atoms with Gasteiger partial charge in [0.2, 0.25) is 11.8 Å². The van der Waals surface area contributed by atoms with Gasteiger partial charge in [-0.3, -0.25) is 9.59 Å². The lowest BCUT2D eigenvalue weighted by Crippen LogP contribution is -2.19. The van der Waals surface area contributed by atoms with Crippen LogP contribution in [-0.2, 0) is 9.59 Å². The summed E-state index contributed by atoms with van der Waals surface area (Å²) in [6.45, 7) is 3.57. The molecular weight excluding hydrogens is 230 g/mol. The number of amides is 2. The van der Waals surface area contributed by atoms with Gasteiger partial charge < -0.3 is 10.6 Å². The van der Waals surface area contributed by atoms with Crippen LogP contribution in [0.2, 0.25) is 0 Å². The maximum Gasteiger partial charge on any atom is 0.238 e. The van der Waals surface area contributed by atoms with E-state index in [4.69, 9.17) is 5.26 Å². The number of nitrogens with one attached hydrogen (secondary N) is 2. The van der Waals surface area contributed by atoms with Crippen molar-refractivity contribution in [3.63, 3.8) is 0 Å². The van der Waals surface area contributed by atoms with Gasteiger partial charge in [0.25, 0.3) is 0 Å². The van der Waals surface area contributed by atoms with E-state index in [-0.39, 0.29) is 18.2 Å². The molecule has 0 heterocycles. The minimum atomic E-state index is -0.399. The summed E-state index contributed by atoms with van der Waals surface area (Å²) in [6, 6.07) is 8.64. The van der Waals surface area contributed by atoms with Gasteiger partial charge in [-0.05, 0) is 12.1 Å². The molecule has 0 bridgehead atoms. The van der Waals surface area contributed by atoms with E-state index < -0.39 is 5.91 Å². The molecule has 1 aromatic rings. The van der Waals surface area contributed by atoms with Gasteiger partial charge in [0.1, 0.15) is 6.42 Å². The first-order valence-corrected chi connectivity index (χ1v) is 5.61. The average molecular weight is 245 g/mol. The van der Waals surface area contributed by atoms with Gasteiger partial charge in [-0.25, -0.2) is 0 Å². The normalized spacial score (nSPS) is 9.67. The van der Waals surface area contributed by atoms with E-state index in [9.17, 15) is 9.59 Å². The maximum absolute atomic E-state index is 11.6. The Labute approximate surface area is 106 Å². The number of nitrogens with zero attached hydrogens (tertiary/aromatic N) is 1. The second-order valence-electron chi connectivity index (χ2n) is 4.07. The Morgan fingerprint density at radius 1 is 1.22 bits per heavy atom. The van der Waals surface area contributed by atoms with Crippen LogP contribution in [0, 0.1) is 17.2 Å². The molecule has 2 amide bonds. The van der Waals surface area contributed by atoms with Crippen LogP contribution in [-0.4, -0.2) is 11.8 Å². The highest BCUT2D eigenvalue weighted by atomic mass is 16.2. The maximum atomic E-state index is 11.6. The minimum absolute atomic E-state index is 0.128. The molecular formula is C13H15N3O2. The smallest absolute Gasteiger partial charge is 0.238 e. The number of benzene rings is 1. The molecule has 5 heteroatoms. The lowest BCUT2D eigenvalue weighted by molar-refractivity contribution is -0.119. The molecule has 18 heavy (non-hydrogen) atoms. The van der Waals surface area contributed by atoms with E-state index >= 15 is 0 Å². The topological polar surface area (TPSA) is 82.0 Å². The molecule has 94 valence electrons. The van der Waals surface area contributed by atoms with E-state index in [1.165, 1.54) is 0 Å². The highest BCUT2D eigenvalue weighted by Gasteiger charge is 2.11. The van der Waals surface area contributed by atoms with Gasteiger partial charge in [0.05, 0.1) is 17.4 Å². The number of carbonyl (C=O) groups excluding carboxylic acids is 2. The Bertz CT molecular complexity index is 489. The predicted molar refractivity (Wildman–Crippen MR) is 68.8 cm³/mol. The molecule has 0 aromatic heterocycles. The summed E-state index contributed by atoms with van der Waals surface area (Å²) >= 11 is 0. The molecule has 0 aliphatic carbocycles. The third-order valence-corrected chi connectivity index (χ3v) is 2.22. The fourth-order valence-electron chi connectivity index (χ4n) is 1.24. The summed E-state index contributed by atoms with van der Waals surface area (Å²) in [6.07, 6.45) is -0.216. The van der Waals surface area contributed by atoms with Crippen LogP contribution in [0.3, 0.4) is 0 Å². The van der Waals surface area contributed by atoms with Crippen LogP contribution >= 0.6 is 0 Å². The van der Waals surface area contributed by atoms with Crippen molar-refractivity contribution in [2.24, 2.45) is 5.92 Å². The minimum Gasteiger partial charge on any atom is -0.324 e. The number of para-hydroxylation sites is 2. The SMILES string of the molecule is CC(C)C(=O)Nc1ccccc1NC(=O)CC#N. The van der Waals surface area contributed by atoms with Gasteiger partial charge in [-0.1, -0.05) is 26.0 Å². The quantitative estimate of drug-likeness (QED) is 0.852. The second-order valence-corrected chi connectivity index (χ2v) is 4.07. The van der Waals surface area contributed by atoms with Crippen LogP contribution in [0.4, 0.5) is 11.4 Å². The molecule has 1 rings (SSSR count). The van der Waals surface area contributed by atoms with E-state index in [1.807, 2.05) is 0 Å². The molecule has 1 aromatic carbocycles.